The summed E-state index contributed by atoms with van der Waals surface area (Å²) in [6.45, 7) is 2.77. The van der Waals surface area contributed by atoms with Crippen LogP contribution in [-0.4, -0.2) is 49.2 Å². The molecule has 0 aliphatic carbocycles. The molecule has 6 heteroatoms. The second-order valence-electron chi connectivity index (χ2n) is 5.41. The quantitative estimate of drug-likeness (QED) is 0.920. The van der Waals surface area contributed by atoms with Gasteiger partial charge in [-0.2, -0.15) is 0 Å². The van der Waals surface area contributed by atoms with E-state index < -0.39 is 5.97 Å². The first-order valence-electron chi connectivity index (χ1n) is 7.22. The van der Waals surface area contributed by atoms with Crippen molar-refractivity contribution >= 4 is 11.9 Å². The fourth-order valence-corrected chi connectivity index (χ4v) is 2.72. The molecule has 0 spiro atoms. The molecule has 1 aromatic rings. The second-order valence-corrected chi connectivity index (χ2v) is 5.41. The number of amides is 1. The van der Waals surface area contributed by atoms with Crippen molar-refractivity contribution in [1.29, 1.82) is 0 Å². The van der Waals surface area contributed by atoms with E-state index in [0.717, 1.165) is 5.56 Å². The number of carboxylic acid groups (broad SMARTS) is 1. The largest absolute Gasteiger partial charge is 0.496 e. The predicted octanol–water partition coefficient (Wildman–Crippen LogP) is 1.95. The highest BCUT2D eigenvalue weighted by Gasteiger charge is 2.28. The van der Waals surface area contributed by atoms with Crippen molar-refractivity contribution in [2.75, 3.05) is 27.3 Å². The first kappa shape index (κ1) is 16.1. The Morgan fingerprint density at radius 2 is 1.64 bits per heavy atom. The molecule has 120 valence electrons. The van der Waals surface area contributed by atoms with Crippen LogP contribution in [0.2, 0.25) is 0 Å². The molecule has 1 aliphatic rings. The van der Waals surface area contributed by atoms with E-state index in [1.165, 1.54) is 0 Å². The van der Waals surface area contributed by atoms with Gasteiger partial charge < -0.3 is 19.5 Å². The number of benzene rings is 1. The highest BCUT2D eigenvalue weighted by molar-refractivity contribution is 5.95. The fraction of sp³-hybridized carbons (Fsp3) is 0.500. The third kappa shape index (κ3) is 3.16. The number of ether oxygens (including phenoxy) is 2. The van der Waals surface area contributed by atoms with E-state index >= 15 is 0 Å². The maximum atomic E-state index is 12.6. The molecule has 1 aromatic carbocycles. The number of carbonyl (C=O) groups is 2. The van der Waals surface area contributed by atoms with E-state index in [1.807, 2.05) is 6.92 Å². The monoisotopic (exact) mass is 307 g/mol. The number of piperidine rings is 1. The first-order chi connectivity index (χ1) is 10.5. The number of carbonyl (C=O) groups excluding carboxylic acids is 1. The molecule has 1 saturated heterocycles. The van der Waals surface area contributed by atoms with Crippen LogP contribution in [0.5, 0.6) is 11.5 Å². The van der Waals surface area contributed by atoms with Gasteiger partial charge >= 0.3 is 5.97 Å². The van der Waals surface area contributed by atoms with Gasteiger partial charge in [0.25, 0.3) is 5.91 Å². The average molecular weight is 307 g/mol. The summed E-state index contributed by atoms with van der Waals surface area (Å²) in [5.41, 5.74) is 1.33. The van der Waals surface area contributed by atoms with Crippen molar-refractivity contribution in [3.63, 3.8) is 0 Å². The lowest BCUT2D eigenvalue weighted by Gasteiger charge is -2.30. The fourth-order valence-electron chi connectivity index (χ4n) is 2.72. The van der Waals surface area contributed by atoms with Crippen LogP contribution in [0.25, 0.3) is 0 Å². The van der Waals surface area contributed by atoms with Gasteiger partial charge in [0.1, 0.15) is 11.5 Å². The van der Waals surface area contributed by atoms with Crippen LogP contribution in [0.15, 0.2) is 12.1 Å². The third-order valence-electron chi connectivity index (χ3n) is 4.13. The van der Waals surface area contributed by atoms with Crippen LogP contribution in [-0.2, 0) is 4.79 Å². The zero-order valence-corrected chi connectivity index (χ0v) is 13.1. The minimum atomic E-state index is -0.786. The number of nitrogens with zero attached hydrogens (tertiary/aromatic N) is 1. The van der Waals surface area contributed by atoms with Crippen LogP contribution in [0, 0.1) is 12.8 Å². The molecule has 22 heavy (non-hydrogen) atoms. The Hall–Kier alpha value is -2.24. The summed E-state index contributed by atoms with van der Waals surface area (Å²) in [5.74, 6) is -0.0661. The lowest BCUT2D eigenvalue weighted by Crippen LogP contribution is -2.40. The first-order valence-corrected chi connectivity index (χ1v) is 7.22. The molecule has 1 amide bonds. The van der Waals surface area contributed by atoms with Gasteiger partial charge in [-0.25, -0.2) is 0 Å². The van der Waals surface area contributed by atoms with E-state index in [9.17, 15) is 9.59 Å². The number of methoxy groups -OCH3 is 2. The number of hydrogen-bond acceptors (Lipinski definition) is 4. The molecular weight excluding hydrogens is 286 g/mol. The van der Waals surface area contributed by atoms with Crippen molar-refractivity contribution in [3.8, 4) is 11.5 Å². The molecule has 1 heterocycles. The van der Waals surface area contributed by atoms with Crippen LogP contribution in [0.3, 0.4) is 0 Å². The molecule has 0 unspecified atom stereocenters. The minimum Gasteiger partial charge on any atom is -0.496 e. The Morgan fingerprint density at radius 1 is 1.14 bits per heavy atom. The van der Waals surface area contributed by atoms with Gasteiger partial charge in [-0.3, -0.25) is 9.59 Å². The predicted molar refractivity (Wildman–Crippen MR) is 80.5 cm³/mol. The smallest absolute Gasteiger partial charge is 0.306 e. The van der Waals surface area contributed by atoms with Crippen molar-refractivity contribution in [2.45, 2.75) is 19.8 Å². The van der Waals surface area contributed by atoms with Crippen molar-refractivity contribution in [1.82, 2.24) is 4.90 Å². The van der Waals surface area contributed by atoms with Crippen molar-refractivity contribution in [2.24, 2.45) is 5.92 Å². The third-order valence-corrected chi connectivity index (χ3v) is 4.13. The Kier molecular flexibility index (Phi) is 4.90. The van der Waals surface area contributed by atoms with Gasteiger partial charge in [0.05, 0.1) is 20.1 Å². The van der Waals surface area contributed by atoms with Gasteiger partial charge in [0.15, 0.2) is 0 Å². The Morgan fingerprint density at radius 3 is 2.05 bits per heavy atom. The van der Waals surface area contributed by atoms with E-state index in [1.54, 1.807) is 31.3 Å². The molecule has 1 N–H and O–H groups in total. The highest BCUT2D eigenvalue weighted by atomic mass is 16.5. The standard InChI is InChI=1S/C16H21NO5/c1-10-13(21-2)8-12(9-14(10)22-3)15(18)17-6-4-11(5-7-17)16(19)20/h8-9,11H,4-7H2,1-3H3,(H,19,20). The van der Waals surface area contributed by atoms with Crippen LogP contribution in [0.4, 0.5) is 0 Å². The van der Waals surface area contributed by atoms with Gasteiger partial charge in [0, 0.05) is 24.2 Å². The summed E-state index contributed by atoms with van der Waals surface area (Å²) in [5, 5.41) is 9.01. The summed E-state index contributed by atoms with van der Waals surface area (Å²) in [6, 6.07) is 3.40. The lowest BCUT2D eigenvalue weighted by molar-refractivity contribution is -0.143. The Balaban J connectivity index is 2.18. The average Bonchev–Trinajstić information content (AvgIpc) is 2.54. The molecular formula is C16H21NO5. The summed E-state index contributed by atoms with van der Waals surface area (Å²) in [4.78, 5) is 25.2. The summed E-state index contributed by atoms with van der Waals surface area (Å²) < 4.78 is 10.6. The van der Waals surface area contributed by atoms with Crippen molar-refractivity contribution in [3.05, 3.63) is 23.3 Å². The lowest BCUT2D eigenvalue weighted by atomic mass is 9.96. The topological polar surface area (TPSA) is 76.1 Å². The molecule has 2 rings (SSSR count). The molecule has 0 aromatic heterocycles. The molecule has 6 nitrogen and oxygen atoms in total. The number of rotatable bonds is 4. The van der Waals surface area contributed by atoms with E-state index in [0.29, 0.717) is 43.0 Å². The second kappa shape index (κ2) is 6.68. The van der Waals surface area contributed by atoms with Gasteiger partial charge in [0.2, 0.25) is 0 Å². The number of hydrogen-bond donors (Lipinski definition) is 1. The minimum absolute atomic E-state index is 0.125. The van der Waals surface area contributed by atoms with Crippen LogP contribution in [0.1, 0.15) is 28.8 Å². The number of aliphatic carboxylic acids is 1. The van der Waals surface area contributed by atoms with E-state index in [-0.39, 0.29) is 11.8 Å². The zero-order valence-electron chi connectivity index (χ0n) is 13.1. The Labute approximate surface area is 129 Å². The number of likely N-dealkylation sites (tertiary alicyclic amines) is 1. The van der Waals surface area contributed by atoms with Gasteiger partial charge in [-0.15, -0.1) is 0 Å². The van der Waals surface area contributed by atoms with Gasteiger partial charge in [-0.05, 0) is 31.9 Å². The molecule has 0 atom stereocenters. The maximum absolute atomic E-state index is 12.6. The molecule has 0 bridgehead atoms. The molecule has 0 radical (unpaired) electrons. The SMILES string of the molecule is COc1cc(C(=O)N2CCC(C(=O)O)CC2)cc(OC)c1C. The van der Waals surface area contributed by atoms with Gasteiger partial charge in [-0.1, -0.05) is 0 Å². The Bertz CT molecular complexity index is 551. The van der Waals surface area contributed by atoms with Crippen molar-refractivity contribution < 1.29 is 24.2 Å². The maximum Gasteiger partial charge on any atom is 0.306 e. The van der Waals surface area contributed by atoms with Crippen LogP contribution >= 0.6 is 0 Å². The highest BCUT2D eigenvalue weighted by Crippen LogP contribution is 2.30. The summed E-state index contributed by atoms with van der Waals surface area (Å²) in [7, 11) is 3.10. The van der Waals surface area contributed by atoms with E-state index in [2.05, 4.69) is 0 Å². The molecule has 1 aliphatic heterocycles. The number of carboxylic acids is 1. The normalized spacial score (nSPS) is 15.5. The summed E-state index contributed by atoms with van der Waals surface area (Å²) >= 11 is 0. The van der Waals surface area contributed by atoms with Crippen LogP contribution < -0.4 is 9.47 Å². The molecule has 0 saturated carbocycles. The van der Waals surface area contributed by atoms with E-state index in [4.69, 9.17) is 14.6 Å². The molecule has 1 fully saturated rings. The summed E-state index contributed by atoms with van der Waals surface area (Å²) in [6.07, 6.45) is 0.975. The zero-order chi connectivity index (χ0) is 16.3.